The van der Waals surface area contributed by atoms with E-state index in [0.29, 0.717) is 23.1 Å². The summed E-state index contributed by atoms with van der Waals surface area (Å²) in [6.07, 6.45) is -3.97. The second kappa shape index (κ2) is 7.86. The Hall–Kier alpha value is -3.54. The molecular formula is C20H17F3N6O3. The van der Waals surface area contributed by atoms with Gasteiger partial charge in [0.2, 0.25) is 5.82 Å². The van der Waals surface area contributed by atoms with Crippen LogP contribution in [0.5, 0.6) is 0 Å². The zero-order chi connectivity index (χ0) is 22.4. The number of hydrogen-bond donors (Lipinski definition) is 1. The number of benzene rings is 1. The number of hydrogen-bond acceptors (Lipinski definition) is 7. The summed E-state index contributed by atoms with van der Waals surface area (Å²) in [6.45, 7) is -0.312. The summed E-state index contributed by atoms with van der Waals surface area (Å²) in [7, 11) is 0. The van der Waals surface area contributed by atoms with Crippen molar-refractivity contribution in [1.29, 1.82) is 0 Å². The van der Waals surface area contributed by atoms with Crippen LogP contribution in [0.4, 0.5) is 23.7 Å². The maximum absolute atomic E-state index is 14.8. The molecule has 0 bridgehead atoms. The summed E-state index contributed by atoms with van der Waals surface area (Å²) in [5, 5.41) is 21.7. The van der Waals surface area contributed by atoms with Crippen LogP contribution in [0.2, 0.25) is 0 Å². The normalized spacial score (nSPS) is 19.5. The number of cyclic esters (lactones) is 1. The van der Waals surface area contributed by atoms with Gasteiger partial charge in [0.1, 0.15) is 11.5 Å². The number of nitrogens with zero attached hydrogens (tertiary/aromatic N) is 6. The molecule has 1 aliphatic heterocycles. The number of tetrazole rings is 1. The number of aromatic nitrogens is 5. The molecule has 166 valence electrons. The Morgan fingerprint density at radius 2 is 2.00 bits per heavy atom. The van der Waals surface area contributed by atoms with E-state index in [1.54, 1.807) is 16.9 Å². The van der Waals surface area contributed by atoms with E-state index in [1.165, 1.54) is 18.3 Å². The van der Waals surface area contributed by atoms with Crippen molar-refractivity contribution in [3.8, 4) is 22.6 Å². The maximum Gasteiger partial charge on any atom is 0.414 e. The highest BCUT2D eigenvalue weighted by Crippen LogP contribution is 2.33. The van der Waals surface area contributed by atoms with Crippen LogP contribution >= 0.6 is 0 Å². The molecule has 1 aromatic carbocycles. The second-order valence-electron chi connectivity index (χ2n) is 7.62. The van der Waals surface area contributed by atoms with Gasteiger partial charge in [0.05, 0.1) is 18.3 Å². The van der Waals surface area contributed by atoms with Gasteiger partial charge in [-0.3, -0.25) is 9.88 Å². The molecule has 5 rings (SSSR count). The quantitative estimate of drug-likeness (QED) is 0.621. The van der Waals surface area contributed by atoms with E-state index in [9.17, 15) is 23.1 Å². The van der Waals surface area contributed by atoms with Crippen molar-refractivity contribution in [3.63, 3.8) is 0 Å². The summed E-state index contributed by atoms with van der Waals surface area (Å²) in [6, 6.07) is 7.64. The Bertz CT molecular complexity index is 1150. The second-order valence-corrected chi connectivity index (χ2v) is 7.62. The van der Waals surface area contributed by atoms with Crippen molar-refractivity contribution in [3.05, 3.63) is 42.3 Å². The van der Waals surface area contributed by atoms with E-state index in [1.807, 2.05) is 0 Å². The first kappa shape index (κ1) is 20.4. The van der Waals surface area contributed by atoms with E-state index in [2.05, 4.69) is 20.4 Å². The minimum atomic E-state index is -3.06. The highest BCUT2D eigenvalue weighted by molar-refractivity contribution is 5.90. The Balaban J connectivity index is 1.33. The molecule has 2 atom stereocenters. The minimum Gasteiger partial charge on any atom is -0.441 e. The van der Waals surface area contributed by atoms with Crippen LogP contribution < -0.4 is 4.90 Å². The number of carbonyl (C=O) groups excluding carboxylic acids is 1. The summed E-state index contributed by atoms with van der Waals surface area (Å²) in [4.78, 5) is 18.9. The van der Waals surface area contributed by atoms with Crippen LogP contribution in [0.15, 0.2) is 36.5 Å². The molecule has 0 spiro atoms. The van der Waals surface area contributed by atoms with Gasteiger partial charge in [0, 0.05) is 17.3 Å². The zero-order valence-corrected chi connectivity index (χ0v) is 16.5. The van der Waals surface area contributed by atoms with Gasteiger partial charge in [-0.25, -0.2) is 18.0 Å². The number of alkyl halides is 2. The highest BCUT2D eigenvalue weighted by atomic mass is 19.3. The van der Waals surface area contributed by atoms with Gasteiger partial charge < -0.3 is 9.84 Å². The van der Waals surface area contributed by atoms with Crippen LogP contribution in [0.3, 0.4) is 0 Å². The topological polar surface area (TPSA) is 106 Å². The number of rotatable bonds is 6. The molecule has 2 aromatic heterocycles. The summed E-state index contributed by atoms with van der Waals surface area (Å²) < 4.78 is 45.0. The average molecular weight is 446 g/mol. The lowest BCUT2D eigenvalue weighted by atomic mass is 10.1. The predicted octanol–water partition coefficient (Wildman–Crippen LogP) is 2.83. The minimum absolute atomic E-state index is 0.130. The molecule has 1 saturated carbocycles. The van der Waals surface area contributed by atoms with E-state index in [4.69, 9.17) is 4.74 Å². The first-order valence-electron chi connectivity index (χ1n) is 9.91. The zero-order valence-electron chi connectivity index (χ0n) is 16.5. The van der Waals surface area contributed by atoms with Gasteiger partial charge >= 0.3 is 6.09 Å². The van der Waals surface area contributed by atoms with Gasteiger partial charge in [-0.05, 0) is 42.3 Å². The number of aliphatic hydroxyl groups is 1. The van der Waals surface area contributed by atoms with Crippen LogP contribution in [-0.4, -0.2) is 61.6 Å². The smallest absolute Gasteiger partial charge is 0.414 e. The van der Waals surface area contributed by atoms with Crippen molar-refractivity contribution < 1.29 is 27.8 Å². The molecule has 9 nitrogen and oxygen atoms in total. The number of aliphatic hydroxyl groups excluding tert-OH is 1. The van der Waals surface area contributed by atoms with Gasteiger partial charge in [0.25, 0.3) is 6.43 Å². The first-order valence-corrected chi connectivity index (χ1v) is 9.91. The molecule has 32 heavy (non-hydrogen) atoms. The highest BCUT2D eigenvalue weighted by Gasteiger charge is 2.40. The standard InChI is InChI=1S/C20H17F3N6O3/c21-14-7-12(28-9-16(32-20(28)31)17(30)18(22)23)4-5-13(14)10-1-6-15(24-8-10)19-25-27-29(26-19)11-2-3-11/h1,4-8,11,16-18,30H,2-3,9H2. The number of pyridine rings is 1. The molecule has 2 unspecified atom stereocenters. The number of ether oxygens (including phenoxy) is 1. The molecule has 1 N–H and O–H groups in total. The number of anilines is 1. The average Bonchev–Trinajstić information content (AvgIpc) is 3.38. The van der Waals surface area contributed by atoms with Crippen LogP contribution in [-0.2, 0) is 4.74 Å². The van der Waals surface area contributed by atoms with Gasteiger partial charge in [-0.2, -0.15) is 4.80 Å². The molecule has 12 heteroatoms. The molecule has 0 radical (unpaired) electrons. The number of halogens is 3. The molecule has 2 fully saturated rings. The third-order valence-corrected chi connectivity index (χ3v) is 5.34. The predicted molar refractivity (Wildman–Crippen MR) is 104 cm³/mol. The lowest BCUT2D eigenvalue weighted by molar-refractivity contribution is -0.0641. The summed E-state index contributed by atoms with van der Waals surface area (Å²) in [5.41, 5.74) is 1.35. The Kier molecular flexibility index (Phi) is 5.00. The summed E-state index contributed by atoms with van der Waals surface area (Å²) >= 11 is 0. The fourth-order valence-electron chi connectivity index (χ4n) is 3.41. The van der Waals surface area contributed by atoms with E-state index >= 15 is 0 Å². The molecular weight excluding hydrogens is 429 g/mol. The molecule has 1 amide bonds. The van der Waals surface area contributed by atoms with Crippen molar-refractivity contribution in [2.24, 2.45) is 0 Å². The SMILES string of the molecule is O=C1OC(C(O)C(F)F)CN1c1ccc(-c2ccc(-c3nnn(C4CC4)n3)nc2)c(F)c1. The van der Waals surface area contributed by atoms with E-state index in [-0.39, 0.29) is 17.8 Å². The van der Waals surface area contributed by atoms with Gasteiger partial charge in [0.15, 0.2) is 12.2 Å². The first-order chi connectivity index (χ1) is 15.4. The molecule has 1 aliphatic carbocycles. The third kappa shape index (κ3) is 3.77. The van der Waals surface area contributed by atoms with Crippen molar-refractivity contribution >= 4 is 11.8 Å². The number of amides is 1. The van der Waals surface area contributed by atoms with Crippen LogP contribution in [0.1, 0.15) is 18.9 Å². The fraction of sp³-hybridized carbons (Fsp3) is 0.350. The fourth-order valence-corrected chi connectivity index (χ4v) is 3.41. The largest absolute Gasteiger partial charge is 0.441 e. The Morgan fingerprint density at radius 3 is 2.66 bits per heavy atom. The Morgan fingerprint density at radius 1 is 1.19 bits per heavy atom. The van der Waals surface area contributed by atoms with Crippen LogP contribution in [0.25, 0.3) is 22.6 Å². The molecule has 3 heterocycles. The molecule has 1 saturated heterocycles. The summed E-state index contributed by atoms with van der Waals surface area (Å²) in [5.74, 6) is -0.257. The van der Waals surface area contributed by atoms with Gasteiger partial charge in [-0.1, -0.05) is 6.07 Å². The monoisotopic (exact) mass is 446 g/mol. The van der Waals surface area contributed by atoms with E-state index in [0.717, 1.165) is 23.8 Å². The third-order valence-electron chi connectivity index (χ3n) is 5.34. The van der Waals surface area contributed by atoms with Gasteiger partial charge in [-0.15, -0.1) is 10.2 Å². The lowest BCUT2D eigenvalue weighted by Gasteiger charge is -2.16. The maximum atomic E-state index is 14.8. The van der Waals surface area contributed by atoms with Crippen molar-refractivity contribution in [2.45, 2.75) is 37.5 Å². The Labute approximate surface area is 179 Å². The van der Waals surface area contributed by atoms with Crippen molar-refractivity contribution in [1.82, 2.24) is 25.2 Å². The number of carbonyl (C=O) groups is 1. The molecule has 2 aliphatic rings. The molecule has 3 aromatic rings. The van der Waals surface area contributed by atoms with E-state index < -0.39 is 30.5 Å². The lowest BCUT2D eigenvalue weighted by Crippen LogP contribution is -2.36. The van der Waals surface area contributed by atoms with Crippen molar-refractivity contribution in [2.75, 3.05) is 11.4 Å². The van der Waals surface area contributed by atoms with Crippen LogP contribution in [0, 0.1) is 5.82 Å².